The van der Waals surface area contributed by atoms with E-state index in [9.17, 15) is 14.0 Å². The quantitative estimate of drug-likeness (QED) is 0.584. The number of piperazine rings is 1. The van der Waals surface area contributed by atoms with Gasteiger partial charge in [0.05, 0.1) is 31.5 Å². The SMILES string of the molecule is CC(=O)c1ccc(N2CCN(CC(=O)NC(C)C(c3ccccc3)N3CCOCC3)CC2)c(F)c1. The summed E-state index contributed by atoms with van der Waals surface area (Å²) in [6, 6.07) is 15.0. The summed E-state index contributed by atoms with van der Waals surface area (Å²) < 4.78 is 20.1. The molecule has 1 amide bonds. The van der Waals surface area contributed by atoms with E-state index in [1.54, 1.807) is 12.1 Å². The van der Waals surface area contributed by atoms with Crippen molar-refractivity contribution < 1.29 is 18.7 Å². The van der Waals surface area contributed by atoms with E-state index in [1.165, 1.54) is 18.6 Å². The fourth-order valence-electron chi connectivity index (χ4n) is 5.03. The van der Waals surface area contributed by atoms with Gasteiger partial charge in [-0.15, -0.1) is 0 Å². The van der Waals surface area contributed by atoms with Crippen LogP contribution in [0.2, 0.25) is 0 Å². The highest BCUT2D eigenvalue weighted by Crippen LogP contribution is 2.26. The molecule has 8 heteroatoms. The zero-order valence-electron chi connectivity index (χ0n) is 20.6. The monoisotopic (exact) mass is 482 g/mol. The maximum absolute atomic E-state index is 14.5. The van der Waals surface area contributed by atoms with Gasteiger partial charge in [-0.1, -0.05) is 30.3 Å². The van der Waals surface area contributed by atoms with E-state index < -0.39 is 0 Å². The molecule has 2 aliphatic rings. The van der Waals surface area contributed by atoms with Crippen molar-refractivity contribution in [2.45, 2.75) is 25.9 Å². The normalized spacial score (nSPS) is 19.2. The van der Waals surface area contributed by atoms with Crippen molar-refractivity contribution in [2.75, 3.05) is 63.9 Å². The Labute approximate surface area is 206 Å². The van der Waals surface area contributed by atoms with Crippen LogP contribution in [0, 0.1) is 5.82 Å². The van der Waals surface area contributed by atoms with Crippen molar-refractivity contribution in [2.24, 2.45) is 0 Å². The van der Waals surface area contributed by atoms with Crippen LogP contribution in [-0.4, -0.2) is 86.6 Å². The summed E-state index contributed by atoms with van der Waals surface area (Å²) in [5.74, 6) is -0.534. The lowest BCUT2D eigenvalue weighted by atomic mass is 9.98. The number of hydrogen-bond acceptors (Lipinski definition) is 6. The number of halogens is 1. The molecule has 2 aromatic rings. The molecule has 2 aromatic carbocycles. The van der Waals surface area contributed by atoms with E-state index in [1.807, 2.05) is 23.1 Å². The van der Waals surface area contributed by atoms with Crippen LogP contribution >= 0.6 is 0 Å². The maximum atomic E-state index is 14.5. The first-order valence-corrected chi connectivity index (χ1v) is 12.4. The zero-order chi connectivity index (χ0) is 24.8. The van der Waals surface area contributed by atoms with Crippen LogP contribution in [0.5, 0.6) is 0 Å². The van der Waals surface area contributed by atoms with Crippen LogP contribution in [0.1, 0.15) is 35.8 Å². The summed E-state index contributed by atoms with van der Waals surface area (Å²) >= 11 is 0. The molecule has 7 nitrogen and oxygen atoms in total. The number of benzene rings is 2. The number of nitrogens with one attached hydrogen (secondary N) is 1. The molecule has 0 radical (unpaired) electrons. The van der Waals surface area contributed by atoms with Crippen molar-refractivity contribution in [3.05, 3.63) is 65.5 Å². The number of amides is 1. The summed E-state index contributed by atoms with van der Waals surface area (Å²) in [6.45, 7) is 9.48. The van der Waals surface area contributed by atoms with Gasteiger partial charge in [0.15, 0.2) is 5.78 Å². The molecule has 4 rings (SSSR count). The van der Waals surface area contributed by atoms with Crippen LogP contribution in [0.15, 0.2) is 48.5 Å². The van der Waals surface area contributed by atoms with E-state index in [-0.39, 0.29) is 29.6 Å². The largest absolute Gasteiger partial charge is 0.379 e. The Morgan fingerprint density at radius 2 is 1.69 bits per heavy atom. The molecule has 0 aromatic heterocycles. The second kappa shape index (κ2) is 11.7. The molecule has 0 bridgehead atoms. The molecule has 2 heterocycles. The molecule has 35 heavy (non-hydrogen) atoms. The molecule has 0 saturated carbocycles. The molecule has 2 unspecified atom stereocenters. The smallest absolute Gasteiger partial charge is 0.234 e. The van der Waals surface area contributed by atoms with Gasteiger partial charge in [0.1, 0.15) is 5.82 Å². The molecular formula is C27H35FN4O3. The average Bonchev–Trinajstić information content (AvgIpc) is 2.86. The number of carbonyl (C=O) groups is 2. The van der Waals surface area contributed by atoms with Crippen molar-refractivity contribution >= 4 is 17.4 Å². The minimum Gasteiger partial charge on any atom is -0.379 e. The van der Waals surface area contributed by atoms with Gasteiger partial charge in [0.25, 0.3) is 0 Å². The number of carbonyl (C=O) groups excluding carboxylic acids is 2. The summed E-state index contributed by atoms with van der Waals surface area (Å²) in [4.78, 5) is 30.9. The molecule has 0 aliphatic carbocycles. The Morgan fingerprint density at radius 1 is 1.00 bits per heavy atom. The van der Waals surface area contributed by atoms with E-state index >= 15 is 0 Å². The van der Waals surface area contributed by atoms with Gasteiger partial charge in [-0.3, -0.25) is 19.4 Å². The van der Waals surface area contributed by atoms with E-state index in [4.69, 9.17) is 4.74 Å². The van der Waals surface area contributed by atoms with Gasteiger partial charge in [-0.25, -0.2) is 4.39 Å². The van der Waals surface area contributed by atoms with E-state index in [0.717, 1.165) is 13.1 Å². The third-order valence-corrected chi connectivity index (χ3v) is 6.88. The molecule has 2 fully saturated rings. The number of Topliss-reactive ketones (excluding diaryl/α,β-unsaturated/α-hetero) is 1. The fourth-order valence-corrected chi connectivity index (χ4v) is 5.03. The highest BCUT2D eigenvalue weighted by molar-refractivity contribution is 5.94. The van der Waals surface area contributed by atoms with Gasteiger partial charge in [-0.2, -0.15) is 0 Å². The number of rotatable bonds is 8. The van der Waals surface area contributed by atoms with E-state index in [0.29, 0.717) is 57.2 Å². The highest BCUT2D eigenvalue weighted by atomic mass is 19.1. The van der Waals surface area contributed by atoms with Crippen molar-refractivity contribution in [3.63, 3.8) is 0 Å². The lowest BCUT2D eigenvalue weighted by molar-refractivity contribution is -0.123. The number of nitrogens with zero attached hydrogens (tertiary/aromatic N) is 3. The van der Waals surface area contributed by atoms with Crippen molar-refractivity contribution in [1.82, 2.24) is 15.1 Å². The number of ether oxygens (including phenoxy) is 1. The first-order valence-electron chi connectivity index (χ1n) is 12.4. The summed E-state index contributed by atoms with van der Waals surface area (Å²) in [5, 5.41) is 3.22. The highest BCUT2D eigenvalue weighted by Gasteiger charge is 2.29. The molecule has 2 saturated heterocycles. The Balaban J connectivity index is 1.31. The average molecular weight is 483 g/mol. The lowest BCUT2D eigenvalue weighted by Crippen LogP contribution is -2.52. The predicted octanol–water partition coefficient (Wildman–Crippen LogP) is 2.73. The maximum Gasteiger partial charge on any atom is 0.234 e. The van der Waals surface area contributed by atoms with E-state index in [2.05, 4.69) is 34.2 Å². The Bertz CT molecular complexity index is 1000. The van der Waals surface area contributed by atoms with Crippen LogP contribution in [0.4, 0.5) is 10.1 Å². The minimum absolute atomic E-state index is 0.00266. The second-order valence-corrected chi connectivity index (χ2v) is 9.35. The molecule has 188 valence electrons. The van der Waals surface area contributed by atoms with Gasteiger partial charge in [0.2, 0.25) is 5.91 Å². The molecule has 2 aliphatic heterocycles. The summed E-state index contributed by atoms with van der Waals surface area (Å²) in [5.41, 5.74) is 2.07. The van der Waals surface area contributed by atoms with Gasteiger partial charge in [-0.05, 0) is 37.6 Å². The predicted molar refractivity (Wildman–Crippen MR) is 134 cm³/mol. The summed E-state index contributed by atoms with van der Waals surface area (Å²) in [7, 11) is 0. The first kappa shape index (κ1) is 25.3. The number of anilines is 1. The standard InChI is InChI=1S/C27H35FN4O3/c1-20(27(22-6-4-3-5-7-22)32-14-16-35-17-15-32)29-26(34)19-30-10-12-31(13-11-30)25-9-8-23(21(2)33)18-24(25)28/h3-9,18,20,27H,10-17,19H2,1-2H3,(H,29,34). The van der Waals surface area contributed by atoms with Gasteiger partial charge < -0.3 is 15.0 Å². The topological polar surface area (TPSA) is 65.1 Å². The third-order valence-electron chi connectivity index (χ3n) is 6.88. The van der Waals surface area contributed by atoms with Crippen LogP contribution in [0.3, 0.4) is 0 Å². The van der Waals surface area contributed by atoms with Crippen LogP contribution in [0.25, 0.3) is 0 Å². The molecule has 0 spiro atoms. The minimum atomic E-state index is -0.382. The second-order valence-electron chi connectivity index (χ2n) is 9.35. The number of morpholine rings is 1. The number of hydrogen-bond donors (Lipinski definition) is 1. The molecule has 1 N–H and O–H groups in total. The number of ketones is 1. The Morgan fingerprint density at radius 3 is 2.31 bits per heavy atom. The molecule has 2 atom stereocenters. The molecular weight excluding hydrogens is 447 g/mol. The zero-order valence-corrected chi connectivity index (χ0v) is 20.6. The van der Waals surface area contributed by atoms with Gasteiger partial charge in [0, 0.05) is 50.9 Å². The van der Waals surface area contributed by atoms with Crippen molar-refractivity contribution in [3.8, 4) is 0 Å². The van der Waals surface area contributed by atoms with Crippen molar-refractivity contribution in [1.29, 1.82) is 0 Å². The lowest BCUT2D eigenvalue weighted by Gasteiger charge is -2.39. The van der Waals surface area contributed by atoms with Crippen LogP contribution < -0.4 is 10.2 Å². The van der Waals surface area contributed by atoms with Crippen LogP contribution in [-0.2, 0) is 9.53 Å². The Hall–Kier alpha value is -2.81. The van der Waals surface area contributed by atoms with Gasteiger partial charge >= 0.3 is 0 Å². The third kappa shape index (κ3) is 6.45. The Kier molecular flexibility index (Phi) is 8.49. The summed E-state index contributed by atoms with van der Waals surface area (Å²) in [6.07, 6.45) is 0. The first-order chi connectivity index (χ1) is 16.9. The fraction of sp³-hybridized carbons (Fsp3) is 0.481.